The van der Waals surface area contributed by atoms with E-state index >= 15 is 0 Å². The first-order valence-electron chi connectivity index (χ1n) is 6.96. The van der Waals surface area contributed by atoms with Gasteiger partial charge < -0.3 is 10.2 Å². The van der Waals surface area contributed by atoms with Crippen molar-refractivity contribution in [2.75, 3.05) is 31.1 Å². The van der Waals surface area contributed by atoms with Gasteiger partial charge in [-0.2, -0.15) is 0 Å². The van der Waals surface area contributed by atoms with Gasteiger partial charge in [-0.25, -0.2) is 4.98 Å². The molecule has 1 aromatic rings. The third-order valence-corrected chi connectivity index (χ3v) is 3.80. The fourth-order valence-corrected chi connectivity index (χ4v) is 2.40. The second-order valence-electron chi connectivity index (χ2n) is 5.14. The van der Waals surface area contributed by atoms with Crippen LogP contribution in [0.4, 0.5) is 5.82 Å². The monoisotopic (exact) mass is 248 g/mol. The lowest BCUT2D eigenvalue weighted by Crippen LogP contribution is -2.37. The number of aryl methyl sites for hydroxylation is 2. The van der Waals surface area contributed by atoms with E-state index in [4.69, 9.17) is 0 Å². The van der Waals surface area contributed by atoms with Crippen molar-refractivity contribution >= 4 is 5.82 Å². The average molecular weight is 248 g/mol. The van der Waals surface area contributed by atoms with Crippen LogP contribution in [0.5, 0.6) is 0 Å². The van der Waals surface area contributed by atoms with Crippen LogP contribution in [0, 0.1) is 19.8 Å². The van der Waals surface area contributed by atoms with Crippen LogP contribution >= 0.6 is 0 Å². The fraction of sp³-hybridized carbons (Fsp3) is 0.714. The third kappa shape index (κ3) is 3.19. The number of hydrogen-bond donors (Lipinski definition) is 1. The molecule has 0 unspecified atom stereocenters. The van der Waals surface area contributed by atoms with Gasteiger partial charge in [-0.05, 0) is 45.7 Å². The Labute approximate surface area is 110 Å². The Morgan fingerprint density at radius 1 is 1.28 bits per heavy atom. The van der Waals surface area contributed by atoms with Gasteiger partial charge in [0.05, 0.1) is 17.6 Å². The molecule has 0 saturated carbocycles. The largest absolute Gasteiger partial charge is 0.355 e. The molecule has 1 aliphatic rings. The van der Waals surface area contributed by atoms with Crippen molar-refractivity contribution in [3.05, 3.63) is 17.6 Å². The molecule has 1 aliphatic heterocycles. The lowest BCUT2D eigenvalue weighted by Gasteiger charge is -2.32. The molecular formula is C14H24N4. The highest BCUT2D eigenvalue weighted by molar-refractivity contribution is 5.37. The van der Waals surface area contributed by atoms with Crippen LogP contribution in [0.15, 0.2) is 6.20 Å². The Hall–Kier alpha value is -1.16. The summed E-state index contributed by atoms with van der Waals surface area (Å²) in [6.07, 6.45) is 4.41. The summed E-state index contributed by atoms with van der Waals surface area (Å²) >= 11 is 0. The molecule has 18 heavy (non-hydrogen) atoms. The second kappa shape index (κ2) is 6.14. The van der Waals surface area contributed by atoms with Crippen LogP contribution in [0.3, 0.4) is 0 Å². The summed E-state index contributed by atoms with van der Waals surface area (Å²) in [7, 11) is 0. The van der Waals surface area contributed by atoms with Gasteiger partial charge in [0, 0.05) is 13.1 Å². The molecule has 0 aliphatic carbocycles. The molecule has 0 atom stereocenters. The maximum absolute atomic E-state index is 4.63. The van der Waals surface area contributed by atoms with Gasteiger partial charge in [-0.3, -0.25) is 4.98 Å². The first kappa shape index (κ1) is 13.3. The molecule has 1 N–H and O–H groups in total. The molecule has 100 valence electrons. The lowest BCUT2D eigenvalue weighted by molar-refractivity contribution is 0.385. The molecule has 1 aromatic heterocycles. The molecular weight excluding hydrogens is 224 g/mol. The van der Waals surface area contributed by atoms with E-state index < -0.39 is 0 Å². The third-order valence-electron chi connectivity index (χ3n) is 3.80. The van der Waals surface area contributed by atoms with E-state index in [1.54, 1.807) is 0 Å². The Morgan fingerprint density at radius 2 is 2.00 bits per heavy atom. The van der Waals surface area contributed by atoms with Crippen LogP contribution < -0.4 is 10.2 Å². The zero-order valence-corrected chi connectivity index (χ0v) is 11.7. The molecule has 0 amide bonds. The van der Waals surface area contributed by atoms with Crippen molar-refractivity contribution in [2.24, 2.45) is 5.92 Å². The van der Waals surface area contributed by atoms with Crippen LogP contribution in [0.1, 0.15) is 31.2 Å². The predicted molar refractivity (Wildman–Crippen MR) is 75.0 cm³/mol. The summed E-state index contributed by atoms with van der Waals surface area (Å²) in [4.78, 5) is 11.4. The molecule has 4 heteroatoms. The quantitative estimate of drug-likeness (QED) is 0.884. The van der Waals surface area contributed by atoms with Gasteiger partial charge >= 0.3 is 0 Å². The predicted octanol–water partition coefficient (Wildman–Crippen LogP) is 1.92. The van der Waals surface area contributed by atoms with Crippen molar-refractivity contribution in [1.29, 1.82) is 0 Å². The lowest BCUT2D eigenvalue weighted by atomic mass is 9.97. The number of piperidine rings is 1. The van der Waals surface area contributed by atoms with Gasteiger partial charge in [-0.1, -0.05) is 6.92 Å². The van der Waals surface area contributed by atoms with Gasteiger partial charge in [0.25, 0.3) is 0 Å². The van der Waals surface area contributed by atoms with Crippen molar-refractivity contribution in [3.8, 4) is 0 Å². The van der Waals surface area contributed by atoms with Crippen LogP contribution in [0.2, 0.25) is 0 Å². The van der Waals surface area contributed by atoms with Crippen LogP contribution in [-0.4, -0.2) is 36.1 Å². The Kier molecular flexibility index (Phi) is 4.53. The highest BCUT2D eigenvalue weighted by Crippen LogP contribution is 2.21. The number of hydrogen-bond acceptors (Lipinski definition) is 4. The molecule has 0 radical (unpaired) electrons. The average Bonchev–Trinajstić information content (AvgIpc) is 2.40. The van der Waals surface area contributed by atoms with Gasteiger partial charge in [0.2, 0.25) is 0 Å². The summed E-state index contributed by atoms with van der Waals surface area (Å²) in [5.74, 6) is 1.86. The summed E-state index contributed by atoms with van der Waals surface area (Å²) in [5.41, 5.74) is 2.07. The minimum Gasteiger partial charge on any atom is -0.355 e. The molecule has 2 rings (SSSR count). The summed E-state index contributed by atoms with van der Waals surface area (Å²) in [5, 5.41) is 3.44. The van der Waals surface area contributed by atoms with Crippen molar-refractivity contribution in [2.45, 2.75) is 33.6 Å². The topological polar surface area (TPSA) is 41.0 Å². The summed E-state index contributed by atoms with van der Waals surface area (Å²) in [6, 6.07) is 0. The van der Waals surface area contributed by atoms with Gasteiger partial charge in [-0.15, -0.1) is 0 Å². The van der Waals surface area contributed by atoms with Crippen LogP contribution in [-0.2, 0) is 0 Å². The summed E-state index contributed by atoms with van der Waals surface area (Å²) < 4.78 is 0. The summed E-state index contributed by atoms with van der Waals surface area (Å²) in [6.45, 7) is 10.6. The van der Waals surface area contributed by atoms with E-state index in [2.05, 4.69) is 27.1 Å². The SMILES string of the molecule is CCNCC1CCN(c2cnc(C)c(C)n2)CC1. The minimum atomic E-state index is 0.820. The number of anilines is 1. The molecule has 1 fully saturated rings. The van der Waals surface area contributed by atoms with Crippen molar-refractivity contribution in [3.63, 3.8) is 0 Å². The Bertz CT molecular complexity index is 383. The zero-order chi connectivity index (χ0) is 13.0. The molecule has 0 spiro atoms. The van der Waals surface area contributed by atoms with E-state index in [0.717, 1.165) is 49.3 Å². The Morgan fingerprint density at radius 3 is 2.61 bits per heavy atom. The Balaban J connectivity index is 1.90. The minimum absolute atomic E-state index is 0.820. The van der Waals surface area contributed by atoms with Crippen LogP contribution in [0.25, 0.3) is 0 Å². The van der Waals surface area contributed by atoms with E-state index in [1.165, 1.54) is 12.8 Å². The highest BCUT2D eigenvalue weighted by Gasteiger charge is 2.20. The van der Waals surface area contributed by atoms with Gasteiger partial charge in [0.15, 0.2) is 0 Å². The van der Waals surface area contributed by atoms with E-state index in [0.29, 0.717) is 0 Å². The van der Waals surface area contributed by atoms with E-state index in [9.17, 15) is 0 Å². The molecule has 2 heterocycles. The fourth-order valence-electron chi connectivity index (χ4n) is 2.40. The number of nitrogens with zero attached hydrogens (tertiary/aromatic N) is 3. The second-order valence-corrected chi connectivity index (χ2v) is 5.14. The molecule has 1 saturated heterocycles. The normalized spacial score (nSPS) is 17.2. The van der Waals surface area contributed by atoms with E-state index in [1.807, 2.05) is 20.0 Å². The van der Waals surface area contributed by atoms with Crippen molar-refractivity contribution < 1.29 is 0 Å². The molecule has 0 aromatic carbocycles. The van der Waals surface area contributed by atoms with E-state index in [-0.39, 0.29) is 0 Å². The smallest absolute Gasteiger partial charge is 0.147 e. The highest BCUT2D eigenvalue weighted by atomic mass is 15.2. The zero-order valence-electron chi connectivity index (χ0n) is 11.7. The molecule has 4 nitrogen and oxygen atoms in total. The standard InChI is InChI=1S/C14H24N4/c1-4-15-9-13-5-7-18(8-6-13)14-10-16-11(2)12(3)17-14/h10,13,15H,4-9H2,1-3H3. The maximum atomic E-state index is 4.63. The molecule has 0 bridgehead atoms. The van der Waals surface area contributed by atoms with Gasteiger partial charge in [0.1, 0.15) is 5.82 Å². The number of nitrogens with one attached hydrogen (secondary N) is 1. The number of rotatable bonds is 4. The maximum Gasteiger partial charge on any atom is 0.147 e. The first-order valence-corrected chi connectivity index (χ1v) is 6.96. The number of aromatic nitrogens is 2. The first-order chi connectivity index (χ1) is 8.70. The van der Waals surface area contributed by atoms with Crippen molar-refractivity contribution in [1.82, 2.24) is 15.3 Å².